The molecule has 0 N–H and O–H groups in total. The first-order valence-corrected chi connectivity index (χ1v) is 5.77. The number of alkyl halides is 3. The third-order valence-corrected chi connectivity index (χ3v) is 2.59. The molecule has 1 aromatic heterocycles. The Hall–Kier alpha value is -2.62. The molecular weight excluding hydrogens is 288 g/mol. The highest BCUT2D eigenvalue weighted by Crippen LogP contribution is 2.33. The molecule has 1 heterocycles. The van der Waals surface area contributed by atoms with E-state index in [9.17, 15) is 17.6 Å². The summed E-state index contributed by atoms with van der Waals surface area (Å²) < 4.78 is 54.6. The second-order valence-corrected chi connectivity index (χ2v) is 4.03. The van der Waals surface area contributed by atoms with E-state index < -0.39 is 17.9 Å². The van der Waals surface area contributed by atoms with Gasteiger partial charge >= 0.3 is 6.36 Å². The molecule has 0 atom stereocenters. The molecule has 0 bridgehead atoms. The van der Waals surface area contributed by atoms with Gasteiger partial charge in [0.1, 0.15) is 11.6 Å². The summed E-state index contributed by atoms with van der Waals surface area (Å²) in [7, 11) is 0. The summed E-state index contributed by atoms with van der Waals surface area (Å²) >= 11 is 0. The Morgan fingerprint density at radius 2 is 1.95 bits per heavy atom. The van der Waals surface area contributed by atoms with E-state index in [-0.39, 0.29) is 23.2 Å². The largest absolute Gasteiger partial charge is 0.573 e. The van der Waals surface area contributed by atoms with Crippen molar-refractivity contribution in [3.05, 3.63) is 48.0 Å². The number of ether oxygens (including phenoxy) is 1. The zero-order valence-electron chi connectivity index (χ0n) is 10.5. The standard InChI is InChI=1S/C14H8F4N2O/c15-11-7-9(8-20-12(11)5-6-19)10-3-1-2-4-13(10)21-14(16,17)18/h1-4,7-8H,5H2. The summed E-state index contributed by atoms with van der Waals surface area (Å²) in [6, 6.07) is 8.14. The number of pyridine rings is 1. The second-order valence-electron chi connectivity index (χ2n) is 4.03. The lowest BCUT2D eigenvalue weighted by molar-refractivity contribution is -0.274. The molecule has 7 heteroatoms. The lowest BCUT2D eigenvalue weighted by Crippen LogP contribution is -2.17. The molecular formula is C14H8F4N2O. The normalized spacial score (nSPS) is 11.0. The van der Waals surface area contributed by atoms with Gasteiger partial charge in [-0.2, -0.15) is 5.26 Å². The van der Waals surface area contributed by atoms with Gasteiger partial charge in [-0.1, -0.05) is 18.2 Å². The molecule has 21 heavy (non-hydrogen) atoms. The Morgan fingerprint density at radius 3 is 2.57 bits per heavy atom. The van der Waals surface area contributed by atoms with Crippen LogP contribution in [0.2, 0.25) is 0 Å². The van der Waals surface area contributed by atoms with E-state index in [1.165, 1.54) is 24.4 Å². The quantitative estimate of drug-likeness (QED) is 0.808. The molecule has 0 aliphatic carbocycles. The highest BCUT2D eigenvalue weighted by atomic mass is 19.4. The van der Waals surface area contributed by atoms with E-state index in [0.29, 0.717) is 0 Å². The fraction of sp³-hybridized carbons (Fsp3) is 0.143. The van der Waals surface area contributed by atoms with E-state index in [1.807, 2.05) is 0 Å². The number of para-hydroxylation sites is 1. The van der Waals surface area contributed by atoms with Crippen LogP contribution in [0.5, 0.6) is 5.75 Å². The minimum absolute atomic E-state index is 0.0597. The van der Waals surface area contributed by atoms with Crippen LogP contribution in [-0.4, -0.2) is 11.3 Å². The van der Waals surface area contributed by atoms with E-state index in [0.717, 1.165) is 12.1 Å². The fourth-order valence-electron chi connectivity index (χ4n) is 1.74. The molecule has 0 unspecified atom stereocenters. The molecule has 0 saturated carbocycles. The SMILES string of the molecule is N#CCc1ncc(-c2ccccc2OC(F)(F)F)cc1F. The number of benzene rings is 1. The highest BCUT2D eigenvalue weighted by molar-refractivity contribution is 5.69. The van der Waals surface area contributed by atoms with Gasteiger partial charge in [-0.15, -0.1) is 13.2 Å². The third-order valence-electron chi connectivity index (χ3n) is 2.59. The molecule has 0 aliphatic heterocycles. The minimum Gasteiger partial charge on any atom is -0.405 e. The van der Waals surface area contributed by atoms with Crippen LogP contribution in [0.25, 0.3) is 11.1 Å². The first-order valence-electron chi connectivity index (χ1n) is 5.77. The highest BCUT2D eigenvalue weighted by Gasteiger charge is 2.32. The predicted octanol–water partition coefficient (Wildman–Crippen LogP) is 3.85. The second kappa shape index (κ2) is 5.79. The van der Waals surface area contributed by atoms with Gasteiger partial charge < -0.3 is 4.74 Å². The Labute approximate surface area is 117 Å². The average Bonchev–Trinajstić information content (AvgIpc) is 2.40. The number of nitrogens with zero attached hydrogens (tertiary/aromatic N) is 2. The number of aromatic nitrogens is 1. The molecule has 2 rings (SSSR count). The van der Waals surface area contributed by atoms with E-state index >= 15 is 0 Å². The Bertz CT molecular complexity index is 692. The molecule has 2 aromatic rings. The Balaban J connectivity index is 2.43. The van der Waals surface area contributed by atoms with Crippen molar-refractivity contribution in [3.63, 3.8) is 0 Å². The Morgan fingerprint density at radius 1 is 1.24 bits per heavy atom. The van der Waals surface area contributed by atoms with Gasteiger partial charge in [-0.3, -0.25) is 4.98 Å². The van der Waals surface area contributed by atoms with Crippen LogP contribution in [0, 0.1) is 17.1 Å². The van der Waals surface area contributed by atoms with Crippen LogP contribution < -0.4 is 4.74 Å². The average molecular weight is 296 g/mol. The van der Waals surface area contributed by atoms with Crippen molar-refractivity contribution in [2.45, 2.75) is 12.8 Å². The van der Waals surface area contributed by atoms with Crippen molar-refractivity contribution in [2.24, 2.45) is 0 Å². The summed E-state index contributed by atoms with van der Waals surface area (Å²) in [6.45, 7) is 0. The predicted molar refractivity (Wildman–Crippen MR) is 65.6 cm³/mol. The van der Waals surface area contributed by atoms with Crippen molar-refractivity contribution in [2.75, 3.05) is 0 Å². The van der Waals surface area contributed by atoms with Crippen molar-refractivity contribution in [1.82, 2.24) is 4.98 Å². The zero-order chi connectivity index (χ0) is 15.5. The topological polar surface area (TPSA) is 45.9 Å². The van der Waals surface area contributed by atoms with E-state index in [4.69, 9.17) is 5.26 Å². The maximum absolute atomic E-state index is 13.7. The first-order chi connectivity index (χ1) is 9.90. The number of halogens is 4. The maximum atomic E-state index is 13.7. The van der Waals surface area contributed by atoms with Gasteiger partial charge in [0.05, 0.1) is 18.2 Å². The lowest BCUT2D eigenvalue weighted by Gasteiger charge is -2.13. The molecule has 3 nitrogen and oxygen atoms in total. The van der Waals surface area contributed by atoms with Gasteiger partial charge in [-0.25, -0.2) is 4.39 Å². The van der Waals surface area contributed by atoms with Gasteiger partial charge in [-0.05, 0) is 12.1 Å². The number of nitriles is 1. The molecule has 0 spiro atoms. The zero-order valence-corrected chi connectivity index (χ0v) is 10.5. The number of hydrogen-bond donors (Lipinski definition) is 0. The molecule has 0 radical (unpaired) electrons. The van der Waals surface area contributed by atoms with Crippen LogP contribution in [0.3, 0.4) is 0 Å². The third kappa shape index (κ3) is 3.69. The molecule has 108 valence electrons. The molecule has 1 aromatic carbocycles. The summed E-state index contributed by atoms with van der Waals surface area (Å²) in [4.78, 5) is 3.75. The molecule has 0 fully saturated rings. The van der Waals surface area contributed by atoms with Crippen LogP contribution in [0.1, 0.15) is 5.69 Å². The lowest BCUT2D eigenvalue weighted by atomic mass is 10.1. The summed E-state index contributed by atoms with van der Waals surface area (Å²) in [6.07, 6.45) is -3.86. The molecule has 0 saturated heterocycles. The molecule has 0 amide bonds. The fourth-order valence-corrected chi connectivity index (χ4v) is 1.74. The van der Waals surface area contributed by atoms with Gasteiger partial charge in [0, 0.05) is 17.3 Å². The summed E-state index contributed by atoms with van der Waals surface area (Å²) in [5.74, 6) is -1.20. The van der Waals surface area contributed by atoms with Crippen molar-refractivity contribution < 1.29 is 22.3 Å². The van der Waals surface area contributed by atoms with Gasteiger partial charge in [0.25, 0.3) is 0 Å². The van der Waals surface area contributed by atoms with Gasteiger partial charge in [0.15, 0.2) is 0 Å². The first kappa shape index (κ1) is 14.8. The number of hydrogen-bond acceptors (Lipinski definition) is 3. The van der Waals surface area contributed by atoms with E-state index in [2.05, 4.69) is 9.72 Å². The van der Waals surface area contributed by atoms with Crippen LogP contribution in [0.15, 0.2) is 36.5 Å². The van der Waals surface area contributed by atoms with Crippen molar-refractivity contribution in [3.8, 4) is 22.9 Å². The monoisotopic (exact) mass is 296 g/mol. The van der Waals surface area contributed by atoms with Crippen molar-refractivity contribution >= 4 is 0 Å². The van der Waals surface area contributed by atoms with Crippen LogP contribution in [-0.2, 0) is 6.42 Å². The minimum atomic E-state index is -4.84. The molecule has 0 aliphatic rings. The van der Waals surface area contributed by atoms with Crippen LogP contribution >= 0.6 is 0 Å². The summed E-state index contributed by atoms with van der Waals surface area (Å²) in [5, 5.41) is 8.50. The van der Waals surface area contributed by atoms with Crippen molar-refractivity contribution in [1.29, 1.82) is 5.26 Å². The van der Waals surface area contributed by atoms with E-state index in [1.54, 1.807) is 6.07 Å². The summed E-state index contributed by atoms with van der Waals surface area (Å²) in [5.41, 5.74) is 0.134. The Kier molecular flexibility index (Phi) is 4.08. The van der Waals surface area contributed by atoms with Gasteiger partial charge in [0.2, 0.25) is 0 Å². The number of rotatable bonds is 3. The smallest absolute Gasteiger partial charge is 0.405 e. The van der Waals surface area contributed by atoms with Crippen LogP contribution in [0.4, 0.5) is 17.6 Å². The maximum Gasteiger partial charge on any atom is 0.573 e.